The Labute approximate surface area is 594 Å². The van der Waals surface area contributed by atoms with Gasteiger partial charge in [-0.1, -0.05) is 350 Å². The van der Waals surface area contributed by atoms with Gasteiger partial charge in [0.2, 0.25) is 0 Å². The van der Waals surface area contributed by atoms with Crippen LogP contribution in [-0.2, 0) is 65.4 Å². The minimum Gasteiger partial charge on any atom is -0.462 e. The van der Waals surface area contributed by atoms with Crippen molar-refractivity contribution in [3.05, 3.63) is 0 Å². The van der Waals surface area contributed by atoms with Crippen molar-refractivity contribution in [1.82, 2.24) is 0 Å². The number of hydrogen-bond donors (Lipinski definition) is 3. The zero-order valence-electron chi connectivity index (χ0n) is 63.5. The highest BCUT2D eigenvalue weighted by Crippen LogP contribution is 2.45. The van der Waals surface area contributed by atoms with Crippen molar-refractivity contribution in [2.24, 2.45) is 17.8 Å². The van der Waals surface area contributed by atoms with Crippen molar-refractivity contribution in [2.75, 3.05) is 39.6 Å². The average molecular weight is 1420 g/mol. The number of carbonyl (C=O) groups excluding carboxylic acids is 4. The normalized spacial score (nSPS) is 14.0. The Morgan fingerprint density at radius 2 is 0.474 bits per heavy atom. The van der Waals surface area contributed by atoms with Crippen molar-refractivity contribution in [2.45, 2.75) is 420 Å². The number of rotatable bonds is 76. The summed E-state index contributed by atoms with van der Waals surface area (Å²) >= 11 is 0. The lowest BCUT2D eigenvalue weighted by molar-refractivity contribution is -0.161. The molecular weight excluding hydrogens is 1270 g/mol. The molecule has 0 aromatic rings. The van der Waals surface area contributed by atoms with Gasteiger partial charge in [-0.05, 0) is 43.4 Å². The summed E-state index contributed by atoms with van der Waals surface area (Å²) in [4.78, 5) is 73.0. The molecule has 0 saturated heterocycles. The highest BCUT2D eigenvalue weighted by atomic mass is 31.2. The highest BCUT2D eigenvalue weighted by molar-refractivity contribution is 7.47. The van der Waals surface area contributed by atoms with Gasteiger partial charge in [0.15, 0.2) is 12.2 Å². The third kappa shape index (κ3) is 72.2. The molecule has 576 valence electrons. The predicted molar refractivity (Wildman–Crippen MR) is 395 cm³/mol. The van der Waals surface area contributed by atoms with Gasteiger partial charge in [-0.25, -0.2) is 9.13 Å². The molecular formula is C78H152O17P2. The van der Waals surface area contributed by atoms with E-state index in [-0.39, 0.29) is 25.7 Å². The smallest absolute Gasteiger partial charge is 0.462 e. The summed E-state index contributed by atoms with van der Waals surface area (Å²) in [7, 11) is -9.92. The minimum atomic E-state index is -4.96. The van der Waals surface area contributed by atoms with E-state index in [1.807, 2.05) is 0 Å². The Morgan fingerprint density at radius 1 is 0.278 bits per heavy atom. The van der Waals surface area contributed by atoms with Crippen LogP contribution in [0, 0.1) is 17.8 Å². The standard InChI is InChI=1S/C78H152O17P2/c1-8-9-10-11-12-13-14-15-16-24-33-40-47-54-61-77(82)94-74(66-89-76(81)60-53-46-39-32-27-26-30-37-44-51-58-71(6)7)68-93-97(86,87)91-64-72(79)63-90-96(84,85)92-67-73(95-78(83)62-55-48-41-34-25-20-18-22-29-36-43-50-57-70(4)5)65-88-75(80)59-52-45-38-31-23-19-17-21-28-35-42-49-56-69(2)3/h69-74,79H,8-68H2,1-7H3,(H,84,85)(H,86,87)/t72-,73-,74-/m1/s1. The van der Waals surface area contributed by atoms with Crippen LogP contribution in [0.25, 0.3) is 0 Å². The van der Waals surface area contributed by atoms with E-state index in [1.54, 1.807) is 0 Å². The Kier molecular flexibility index (Phi) is 67.1. The van der Waals surface area contributed by atoms with Gasteiger partial charge in [-0.15, -0.1) is 0 Å². The Hall–Kier alpha value is -1.94. The largest absolute Gasteiger partial charge is 0.472 e. The molecule has 0 bridgehead atoms. The molecule has 0 aromatic carbocycles. The first kappa shape index (κ1) is 95.1. The maximum atomic E-state index is 13.1. The van der Waals surface area contributed by atoms with Crippen LogP contribution >= 0.6 is 15.6 Å². The first-order valence-corrected chi connectivity index (χ1v) is 43.3. The van der Waals surface area contributed by atoms with Gasteiger partial charge in [-0.3, -0.25) is 37.3 Å². The van der Waals surface area contributed by atoms with Gasteiger partial charge >= 0.3 is 39.5 Å². The molecule has 3 N–H and O–H groups in total. The van der Waals surface area contributed by atoms with Gasteiger partial charge in [0.25, 0.3) is 0 Å². The Balaban J connectivity index is 5.27. The van der Waals surface area contributed by atoms with Crippen LogP contribution in [0.4, 0.5) is 0 Å². The fourth-order valence-electron chi connectivity index (χ4n) is 12.0. The number of hydrogen-bond acceptors (Lipinski definition) is 15. The summed E-state index contributed by atoms with van der Waals surface area (Å²) in [6.07, 6.45) is 55.3. The second-order valence-corrected chi connectivity index (χ2v) is 32.4. The molecule has 5 atom stereocenters. The van der Waals surface area contributed by atoms with Gasteiger partial charge in [0.1, 0.15) is 19.3 Å². The van der Waals surface area contributed by atoms with E-state index in [0.717, 1.165) is 108 Å². The lowest BCUT2D eigenvalue weighted by Gasteiger charge is -2.21. The summed E-state index contributed by atoms with van der Waals surface area (Å²) in [5.41, 5.74) is 0. The lowest BCUT2D eigenvalue weighted by atomic mass is 10.0. The van der Waals surface area contributed by atoms with Crippen LogP contribution in [-0.4, -0.2) is 96.7 Å². The van der Waals surface area contributed by atoms with E-state index in [2.05, 4.69) is 48.5 Å². The van der Waals surface area contributed by atoms with Crippen molar-refractivity contribution < 1.29 is 80.2 Å². The van der Waals surface area contributed by atoms with Gasteiger partial charge in [0, 0.05) is 25.7 Å². The van der Waals surface area contributed by atoms with Crippen LogP contribution in [0.3, 0.4) is 0 Å². The predicted octanol–water partition coefficient (Wildman–Crippen LogP) is 23.0. The second-order valence-electron chi connectivity index (χ2n) is 29.5. The third-order valence-corrected chi connectivity index (χ3v) is 20.0. The van der Waals surface area contributed by atoms with E-state index >= 15 is 0 Å². The fourth-order valence-corrected chi connectivity index (χ4v) is 13.5. The molecule has 0 fully saturated rings. The highest BCUT2D eigenvalue weighted by Gasteiger charge is 2.30. The van der Waals surface area contributed by atoms with E-state index < -0.39 is 97.5 Å². The number of aliphatic hydroxyl groups is 1. The first-order valence-electron chi connectivity index (χ1n) is 40.3. The molecule has 0 aliphatic rings. The minimum absolute atomic E-state index is 0.107. The number of ether oxygens (including phenoxy) is 4. The molecule has 0 amide bonds. The summed E-state index contributed by atoms with van der Waals surface area (Å²) in [5.74, 6) is 0.205. The first-order chi connectivity index (χ1) is 46.7. The molecule has 0 aromatic heterocycles. The molecule has 0 spiro atoms. The van der Waals surface area contributed by atoms with Crippen molar-refractivity contribution in [3.63, 3.8) is 0 Å². The van der Waals surface area contributed by atoms with Gasteiger partial charge in [-0.2, -0.15) is 0 Å². The quantitative estimate of drug-likeness (QED) is 0.0222. The van der Waals surface area contributed by atoms with E-state index in [9.17, 15) is 43.2 Å². The summed E-state index contributed by atoms with van der Waals surface area (Å²) < 4.78 is 68.7. The molecule has 0 rings (SSSR count). The van der Waals surface area contributed by atoms with Gasteiger partial charge in [0.05, 0.1) is 26.4 Å². The maximum Gasteiger partial charge on any atom is 0.472 e. The van der Waals surface area contributed by atoms with Crippen LogP contribution in [0.1, 0.15) is 402 Å². The van der Waals surface area contributed by atoms with Crippen LogP contribution in [0.2, 0.25) is 0 Å². The van der Waals surface area contributed by atoms with Crippen molar-refractivity contribution >= 4 is 39.5 Å². The number of phosphoric ester groups is 2. The second kappa shape index (κ2) is 68.5. The topological polar surface area (TPSA) is 237 Å². The Bertz CT molecular complexity index is 1890. The van der Waals surface area contributed by atoms with E-state index in [0.29, 0.717) is 25.7 Å². The number of esters is 4. The lowest BCUT2D eigenvalue weighted by Crippen LogP contribution is -2.30. The number of unbranched alkanes of at least 4 members (excludes halogenated alkanes) is 44. The molecule has 97 heavy (non-hydrogen) atoms. The molecule has 0 saturated carbocycles. The molecule has 0 heterocycles. The molecule has 0 aliphatic carbocycles. The summed E-state index contributed by atoms with van der Waals surface area (Å²) in [6.45, 7) is 11.9. The van der Waals surface area contributed by atoms with E-state index in [4.69, 9.17) is 37.0 Å². The molecule has 19 heteroatoms. The number of phosphoric acid groups is 2. The fraction of sp³-hybridized carbons (Fsp3) is 0.949. The SMILES string of the molecule is CCCCCCCCCCCCCCCCC(=O)O[C@H](COC(=O)CCCCCCCCCCCCC(C)C)COP(=O)(O)OC[C@H](O)COP(=O)(O)OC[C@@H](COC(=O)CCCCCCCCCCCCCCC(C)C)OC(=O)CCCCCCCCCCCCCCC(C)C. The summed E-state index contributed by atoms with van der Waals surface area (Å²) in [6, 6.07) is 0. The summed E-state index contributed by atoms with van der Waals surface area (Å²) in [5, 5.41) is 10.6. The van der Waals surface area contributed by atoms with Crippen LogP contribution < -0.4 is 0 Å². The monoisotopic (exact) mass is 1420 g/mol. The number of carbonyl (C=O) groups is 4. The van der Waals surface area contributed by atoms with Crippen molar-refractivity contribution in [3.8, 4) is 0 Å². The molecule has 0 aliphatic heterocycles. The molecule has 2 unspecified atom stereocenters. The maximum absolute atomic E-state index is 13.1. The van der Waals surface area contributed by atoms with Gasteiger partial charge < -0.3 is 33.8 Å². The number of aliphatic hydroxyl groups excluding tert-OH is 1. The van der Waals surface area contributed by atoms with Crippen LogP contribution in [0.5, 0.6) is 0 Å². The van der Waals surface area contributed by atoms with Crippen LogP contribution in [0.15, 0.2) is 0 Å². The molecule has 17 nitrogen and oxygen atoms in total. The average Bonchev–Trinajstić information content (AvgIpc) is 1.30. The Morgan fingerprint density at radius 3 is 0.701 bits per heavy atom. The zero-order chi connectivity index (χ0) is 71.6. The van der Waals surface area contributed by atoms with Crippen molar-refractivity contribution in [1.29, 1.82) is 0 Å². The molecule has 0 radical (unpaired) electrons. The third-order valence-electron chi connectivity index (χ3n) is 18.1. The van der Waals surface area contributed by atoms with E-state index in [1.165, 1.54) is 212 Å². The zero-order valence-corrected chi connectivity index (χ0v) is 65.3.